The Balaban J connectivity index is 2.24. The Bertz CT molecular complexity index is 1160. The smallest absolute Gasteiger partial charge is 0.305 e. The Morgan fingerprint density at radius 1 is 0.578 bits per heavy atom. The monoisotopic (exact) mass is 908 g/mol. The van der Waals surface area contributed by atoms with Crippen molar-refractivity contribution >= 4 is 11.9 Å². The van der Waals surface area contributed by atoms with E-state index in [1.807, 2.05) is 18.2 Å². The number of allylic oxidation sites excluding steroid dienone is 5. The molecule has 7 atom stereocenters. The standard InChI is InChI=1S/C53H97NO10/c1-3-5-7-9-11-13-15-20-23-27-31-35-39-46(56)45(44-63-53-52(61)51(60)50(59)47(43-55)64-53)54-48(57)40-36-32-28-24-21-17-16-18-22-26-30-34-38-42-62-49(58)41-37-33-29-25-19-14-12-10-8-6-4-2/h17,21,28,32,35,39,45-47,50-53,55-56,59-61H,3-16,18-20,22-27,29-31,33-34,36-38,40-44H2,1-2H3,(H,54,57)/b21-17-,32-28-,39-35+. The van der Waals surface area contributed by atoms with Gasteiger partial charge in [-0.2, -0.15) is 0 Å². The molecular formula is C53H97NO10. The third-order valence-corrected chi connectivity index (χ3v) is 12.3. The molecule has 1 saturated heterocycles. The topological polar surface area (TPSA) is 175 Å². The van der Waals surface area contributed by atoms with E-state index in [-0.39, 0.29) is 24.9 Å². The van der Waals surface area contributed by atoms with Crippen LogP contribution < -0.4 is 5.32 Å². The van der Waals surface area contributed by atoms with Gasteiger partial charge in [-0.05, 0) is 51.4 Å². The number of aliphatic hydroxyl groups is 5. The van der Waals surface area contributed by atoms with Crippen LogP contribution >= 0.6 is 0 Å². The quantitative estimate of drug-likeness (QED) is 0.0196. The fourth-order valence-electron chi connectivity index (χ4n) is 8.01. The molecule has 1 aliphatic heterocycles. The molecular weight excluding hydrogens is 811 g/mol. The summed E-state index contributed by atoms with van der Waals surface area (Å²) in [7, 11) is 0. The van der Waals surface area contributed by atoms with Crippen molar-refractivity contribution in [3.63, 3.8) is 0 Å². The molecule has 1 fully saturated rings. The first-order valence-electron chi connectivity index (χ1n) is 26.3. The van der Waals surface area contributed by atoms with Crippen molar-refractivity contribution in [3.05, 3.63) is 36.5 Å². The van der Waals surface area contributed by atoms with Gasteiger partial charge in [-0.3, -0.25) is 9.59 Å². The number of ether oxygens (including phenoxy) is 3. The molecule has 0 radical (unpaired) electrons. The molecule has 6 N–H and O–H groups in total. The number of esters is 1. The van der Waals surface area contributed by atoms with Crippen molar-refractivity contribution in [2.45, 2.75) is 269 Å². The van der Waals surface area contributed by atoms with Crippen molar-refractivity contribution in [1.82, 2.24) is 5.32 Å². The van der Waals surface area contributed by atoms with Gasteiger partial charge in [0.05, 0.1) is 32.0 Å². The first kappa shape index (κ1) is 59.9. The van der Waals surface area contributed by atoms with Crippen molar-refractivity contribution in [2.75, 3.05) is 19.8 Å². The number of carbonyl (C=O) groups excluding carboxylic acids is 2. The van der Waals surface area contributed by atoms with Crippen LogP contribution in [0.5, 0.6) is 0 Å². The highest BCUT2D eigenvalue weighted by molar-refractivity contribution is 5.76. The number of hydrogen-bond donors (Lipinski definition) is 6. The lowest BCUT2D eigenvalue weighted by Crippen LogP contribution is -2.60. The predicted octanol–water partition coefficient (Wildman–Crippen LogP) is 10.8. The van der Waals surface area contributed by atoms with Gasteiger partial charge in [0.25, 0.3) is 0 Å². The summed E-state index contributed by atoms with van der Waals surface area (Å²) < 4.78 is 16.6. The van der Waals surface area contributed by atoms with Crippen molar-refractivity contribution in [2.24, 2.45) is 0 Å². The van der Waals surface area contributed by atoms with E-state index in [1.165, 1.54) is 122 Å². The van der Waals surface area contributed by atoms with Crippen LogP contribution in [0.1, 0.15) is 226 Å². The van der Waals surface area contributed by atoms with Crippen LogP contribution in [0, 0.1) is 0 Å². The normalized spacial score (nSPS) is 20.1. The molecule has 0 aromatic rings. The fraction of sp³-hybridized carbons (Fsp3) is 0.849. The highest BCUT2D eigenvalue weighted by Crippen LogP contribution is 2.23. The minimum Gasteiger partial charge on any atom is -0.466 e. The molecule has 0 aromatic heterocycles. The summed E-state index contributed by atoms with van der Waals surface area (Å²) in [4.78, 5) is 25.0. The highest BCUT2D eigenvalue weighted by Gasteiger charge is 2.44. The molecule has 1 amide bonds. The SMILES string of the molecule is CCCCCCCCCCCC/C=C/C(O)C(COC1OC(CO)C(O)C(O)C1O)NC(=O)CC/C=C\C/C=C\CCCCCCCCOC(=O)CCCCCCCCCCCCC. The first-order chi connectivity index (χ1) is 31.2. The minimum atomic E-state index is -1.59. The molecule has 11 nitrogen and oxygen atoms in total. The maximum atomic E-state index is 12.9. The van der Waals surface area contributed by atoms with Crippen LogP contribution in [0.3, 0.4) is 0 Å². The number of amides is 1. The average molecular weight is 908 g/mol. The lowest BCUT2D eigenvalue weighted by Gasteiger charge is -2.40. The van der Waals surface area contributed by atoms with Gasteiger partial charge in [0.1, 0.15) is 24.4 Å². The van der Waals surface area contributed by atoms with Crippen LogP contribution in [0.2, 0.25) is 0 Å². The largest absolute Gasteiger partial charge is 0.466 e. The van der Waals surface area contributed by atoms with E-state index in [4.69, 9.17) is 14.2 Å². The van der Waals surface area contributed by atoms with Gasteiger partial charge in [0.2, 0.25) is 5.91 Å². The Morgan fingerprint density at radius 2 is 1.06 bits per heavy atom. The highest BCUT2D eigenvalue weighted by atomic mass is 16.7. The Hall–Kier alpha value is -2.12. The third-order valence-electron chi connectivity index (χ3n) is 12.3. The zero-order valence-corrected chi connectivity index (χ0v) is 40.7. The number of carbonyl (C=O) groups is 2. The van der Waals surface area contributed by atoms with Gasteiger partial charge in [0, 0.05) is 12.8 Å². The second-order valence-corrected chi connectivity index (χ2v) is 18.2. The summed E-state index contributed by atoms with van der Waals surface area (Å²) in [5.41, 5.74) is 0. The van der Waals surface area contributed by atoms with Crippen molar-refractivity contribution in [3.8, 4) is 0 Å². The first-order valence-corrected chi connectivity index (χ1v) is 26.3. The van der Waals surface area contributed by atoms with Crippen LogP contribution in [0.25, 0.3) is 0 Å². The van der Waals surface area contributed by atoms with Crippen LogP contribution in [-0.4, -0.2) is 100 Å². The zero-order valence-electron chi connectivity index (χ0n) is 40.7. The van der Waals surface area contributed by atoms with Gasteiger partial charge in [-0.1, -0.05) is 198 Å². The number of unbranched alkanes of at least 4 members (excludes halogenated alkanes) is 26. The predicted molar refractivity (Wildman–Crippen MR) is 260 cm³/mol. The minimum absolute atomic E-state index is 0.0402. The molecule has 1 rings (SSSR count). The molecule has 0 aromatic carbocycles. The summed E-state index contributed by atoms with van der Waals surface area (Å²) in [5.74, 6) is -0.304. The summed E-state index contributed by atoms with van der Waals surface area (Å²) in [6.07, 6.45) is 40.9. The lowest BCUT2D eigenvalue weighted by atomic mass is 9.99. The van der Waals surface area contributed by atoms with E-state index >= 15 is 0 Å². The Kier molecular flexibility index (Phi) is 40.7. The summed E-state index contributed by atoms with van der Waals surface area (Å²) in [6, 6.07) is -0.853. The van der Waals surface area contributed by atoms with Crippen LogP contribution in [0.4, 0.5) is 0 Å². The van der Waals surface area contributed by atoms with Crippen LogP contribution in [-0.2, 0) is 23.8 Å². The Morgan fingerprint density at radius 3 is 1.61 bits per heavy atom. The Labute approximate surface area is 390 Å². The average Bonchev–Trinajstić information content (AvgIpc) is 3.29. The number of aliphatic hydroxyl groups excluding tert-OH is 5. The van der Waals surface area contributed by atoms with E-state index in [2.05, 4.69) is 31.3 Å². The molecule has 64 heavy (non-hydrogen) atoms. The molecule has 0 spiro atoms. The third kappa shape index (κ3) is 33.4. The van der Waals surface area contributed by atoms with Gasteiger partial charge >= 0.3 is 5.97 Å². The van der Waals surface area contributed by atoms with Crippen LogP contribution in [0.15, 0.2) is 36.5 Å². The molecule has 0 bridgehead atoms. The molecule has 7 unspecified atom stereocenters. The molecule has 1 heterocycles. The number of hydrogen-bond acceptors (Lipinski definition) is 10. The van der Waals surface area contributed by atoms with E-state index < -0.39 is 49.5 Å². The van der Waals surface area contributed by atoms with E-state index in [0.29, 0.717) is 19.4 Å². The molecule has 1 aliphatic rings. The maximum Gasteiger partial charge on any atom is 0.305 e. The van der Waals surface area contributed by atoms with Gasteiger partial charge in [0.15, 0.2) is 6.29 Å². The summed E-state index contributed by atoms with van der Waals surface area (Å²) in [6.45, 7) is 4.23. The number of nitrogens with one attached hydrogen (secondary N) is 1. The fourth-order valence-corrected chi connectivity index (χ4v) is 8.01. The number of rotatable bonds is 44. The summed E-state index contributed by atoms with van der Waals surface area (Å²) in [5, 5.41) is 54.1. The lowest BCUT2D eigenvalue weighted by molar-refractivity contribution is -0.302. The van der Waals surface area contributed by atoms with Gasteiger partial charge in [-0.25, -0.2) is 0 Å². The molecule has 11 heteroatoms. The molecule has 0 saturated carbocycles. The maximum absolute atomic E-state index is 12.9. The molecule has 0 aliphatic carbocycles. The van der Waals surface area contributed by atoms with Crippen molar-refractivity contribution in [1.29, 1.82) is 0 Å². The second-order valence-electron chi connectivity index (χ2n) is 18.2. The summed E-state index contributed by atoms with van der Waals surface area (Å²) >= 11 is 0. The zero-order chi connectivity index (χ0) is 46.7. The van der Waals surface area contributed by atoms with E-state index in [0.717, 1.165) is 70.6 Å². The van der Waals surface area contributed by atoms with Gasteiger partial charge in [-0.15, -0.1) is 0 Å². The van der Waals surface area contributed by atoms with E-state index in [1.54, 1.807) is 6.08 Å². The molecule has 374 valence electrons. The second kappa shape index (κ2) is 43.5. The van der Waals surface area contributed by atoms with E-state index in [9.17, 15) is 35.1 Å². The van der Waals surface area contributed by atoms with Crippen molar-refractivity contribution < 1.29 is 49.3 Å². The van der Waals surface area contributed by atoms with Gasteiger partial charge < -0.3 is 45.1 Å².